The van der Waals surface area contributed by atoms with E-state index in [4.69, 9.17) is 5.73 Å². The largest absolute Gasteiger partial charge is 0.504 e. The Balaban J connectivity index is 2.60. The molecule has 0 radical (unpaired) electrons. The third kappa shape index (κ3) is 1.50. The number of phenols is 2. The van der Waals surface area contributed by atoms with E-state index in [0.717, 1.165) is 25.3 Å². The van der Waals surface area contributed by atoms with Gasteiger partial charge in [-0.1, -0.05) is 6.42 Å². The fraction of sp³-hybridized carbons (Fsp3) is 0.455. The average Bonchev–Trinajstić information content (AvgIpc) is 2.18. The molecule has 0 saturated heterocycles. The minimum absolute atomic E-state index is 0.218. The maximum atomic E-state index is 13.8. The summed E-state index contributed by atoms with van der Waals surface area (Å²) in [5.74, 6) is -1.30. The van der Waals surface area contributed by atoms with E-state index in [9.17, 15) is 14.6 Å². The lowest BCUT2D eigenvalue weighted by Gasteiger charge is -2.42. The van der Waals surface area contributed by atoms with Crippen molar-refractivity contribution in [1.29, 1.82) is 0 Å². The second kappa shape index (κ2) is 3.89. The first kappa shape index (κ1) is 11.7. The lowest BCUT2D eigenvalue weighted by atomic mass is 9.64. The zero-order valence-electron chi connectivity index (χ0n) is 8.63. The highest BCUT2D eigenvalue weighted by Crippen LogP contribution is 2.50. The van der Waals surface area contributed by atoms with Crippen LogP contribution in [0.15, 0.2) is 10.5 Å². The monoisotopic (exact) mass is 289 g/mol. The summed E-state index contributed by atoms with van der Waals surface area (Å²) in [6.45, 7) is 0.340. The molecule has 0 aliphatic heterocycles. The molecule has 16 heavy (non-hydrogen) atoms. The molecule has 1 saturated carbocycles. The first-order chi connectivity index (χ1) is 7.52. The van der Waals surface area contributed by atoms with Gasteiger partial charge in [-0.25, -0.2) is 4.39 Å². The van der Waals surface area contributed by atoms with Crippen LogP contribution in [0.5, 0.6) is 11.5 Å². The van der Waals surface area contributed by atoms with Crippen molar-refractivity contribution in [3.8, 4) is 11.5 Å². The predicted octanol–water partition coefficient (Wildman–Crippen LogP) is 2.38. The molecule has 4 N–H and O–H groups in total. The Kier molecular flexibility index (Phi) is 2.84. The van der Waals surface area contributed by atoms with E-state index in [-0.39, 0.29) is 10.2 Å². The number of halogens is 2. The van der Waals surface area contributed by atoms with E-state index >= 15 is 0 Å². The van der Waals surface area contributed by atoms with Crippen LogP contribution in [0.4, 0.5) is 4.39 Å². The summed E-state index contributed by atoms with van der Waals surface area (Å²) in [7, 11) is 0. The highest BCUT2D eigenvalue weighted by molar-refractivity contribution is 9.10. The van der Waals surface area contributed by atoms with E-state index in [1.165, 1.54) is 0 Å². The molecular formula is C11H13BrFNO2. The van der Waals surface area contributed by atoms with Crippen LogP contribution >= 0.6 is 15.9 Å². The molecule has 88 valence electrons. The van der Waals surface area contributed by atoms with Gasteiger partial charge in [0.25, 0.3) is 0 Å². The zero-order valence-corrected chi connectivity index (χ0v) is 10.2. The molecule has 1 aliphatic rings. The number of aromatic hydroxyl groups is 2. The van der Waals surface area contributed by atoms with Gasteiger partial charge in [0.1, 0.15) is 5.82 Å². The number of hydrogen-bond donors (Lipinski definition) is 3. The van der Waals surface area contributed by atoms with Gasteiger partial charge in [-0.3, -0.25) is 0 Å². The van der Waals surface area contributed by atoms with E-state index in [1.807, 2.05) is 0 Å². The van der Waals surface area contributed by atoms with Gasteiger partial charge < -0.3 is 15.9 Å². The average molecular weight is 290 g/mol. The Morgan fingerprint density at radius 3 is 2.50 bits per heavy atom. The topological polar surface area (TPSA) is 66.5 Å². The first-order valence-corrected chi connectivity index (χ1v) is 5.91. The summed E-state index contributed by atoms with van der Waals surface area (Å²) < 4.78 is 14.1. The van der Waals surface area contributed by atoms with Crippen LogP contribution in [0, 0.1) is 5.82 Å². The highest BCUT2D eigenvalue weighted by Gasteiger charge is 2.41. The Hall–Kier alpha value is -0.810. The lowest BCUT2D eigenvalue weighted by Crippen LogP contribution is -2.42. The summed E-state index contributed by atoms with van der Waals surface area (Å²) in [6.07, 6.45) is 2.62. The van der Waals surface area contributed by atoms with Crippen molar-refractivity contribution in [2.24, 2.45) is 5.73 Å². The van der Waals surface area contributed by atoms with Crippen LogP contribution in [-0.4, -0.2) is 16.8 Å². The van der Waals surface area contributed by atoms with E-state index in [2.05, 4.69) is 15.9 Å². The van der Waals surface area contributed by atoms with Gasteiger partial charge in [-0.05, 0) is 28.8 Å². The molecule has 0 unspecified atom stereocenters. The smallest absolute Gasteiger partial charge is 0.172 e. The summed E-state index contributed by atoms with van der Waals surface area (Å²) >= 11 is 3.13. The molecule has 1 aliphatic carbocycles. The second-order valence-electron chi connectivity index (χ2n) is 4.25. The second-order valence-corrected chi connectivity index (χ2v) is 5.05. The van der Waals surface area contributed by atoms with Gasteiger partial charge in [-0.15, -0.1) is 0 Å². The van der Waals surface area contributed by atoms with Gasteiger partial charge in [0.2, 0.25) is 0 Å². The molecule has 1 aromatic carbocycles. The molecule has 2 rings (SSSR count). The quantitative estimate of drug-likeness (QED) is 0.733. The fourth-order valence-corrected chi connectivity index (χ4v) is 3.06. The Labute approximate surface area is 101 Å². The fourth-order valence-electron chi connectivity index (χ4n) is 2.24. The minimum Gasteiger partial charge on any atom is -0.504 e. The molecule has 1 fully saturated rings. The van der Waals surface area contributed by atoms with Gasteiger partial charge >= 0.3 is 0 Å². The molecule has 0 amide bonds. The molecule has 3 nitrogen and oxygen atoms in total. The third-order valence-electron chi connectivity index (χ3n) is 3.40. The third-order valence-corrected chi connectivity index (χ3v) is 4.18. The maximum Gasteiger partial charge on any atom is 0.172 e. The van der Waals surface area contributed by atoms with Crippen molar-refractivity contribution in [2.45, 2.75) is 24.7 Å². The van der Waals surface area contributed by atoms with Crippen molar-refractivity contribution in [3.63, 3.8) is 0 Å². The molecule has 0 aromatic heterocycles. The summed E-state index contributed by atoms with van der Waals surface area (Å²) in [5, 5.41) is 18.9. The molecular weight excluding hydrogens is 277 g/mol. The summed E-state index contributed by atoms with van der Waals surface area (Å²) in [5.41, 5.74) is 5.69. The molecule has 0 heterocycles. The van der Waals surface area contributed by atoms with Crippen molar-refractivity contribution in [3.05, 3.63) is 21.9 Å². The summed E-state index contributed by atoms with van der Waals surface area (Å²) in [6, 6.07) is 0.936. The predicted molar refractivity (Wildman–Crippen MR) is 62.0 cm³/mol. The van der Waals surface area contributed by atoms with Crippen LogP contribution < -0.4 is 5.73 Å². The molecule has 1 aromatic rings. The first-order valence-electron chi connectivity index (χ1n) is 5.12. The van der Waals surface area contributed by atoms with Crippen molar-refractivity contribution in [1.82, 2.24) is 0 Å². The van der Waals surface area contributed by atoms with Crippen LogP contribution in [-0.2, 0) is 5.41 Å². The van der Waals surface area contributed by atoms with Crippen molar-refractivity contribution < 1.29 is 14.6 Å². The Morgan fingerprint density at radius 1 is 1.44 bits per heavy atom. The van der Waals surface area contributed by atoms with Gasteiger partial charge in [-0.2, -0.15) is 0 Å². The van der Waals surface area contributed by atoms with Crippen molar-refractivity contribution >= 4 is 15.9 Å². The van der Waals surface area contributed by atoms with Crippen LogP contribution in [0.1, 0.15) is 24.8 Å². The number of hydrogen-bond acceptors (Lipinski definition) is 3. The number of rotatable bonds is 2. The molecule has 0 spiro atoms. The number of benzene rings is 1. The van der Waals surface area contributed by atoms with Crippen LogP contribution in [0.2, 0.25) is 0 Å². The molecule has 5 heteroatoms. The minimum atomic E-state index is -0.521. The highest BCUT2D eigenvalue weighted by atomic mass is 79.9. The van der Waals surface area contributed by atoms with E-state index in [0.29, 0.717) is 12.1 Å². The lowest BCUT2D eigenvalue weighted by molar-refractivity contribution is 0.241. The molecule has 0 atom stereocenters. The SMILES string of the molecule is NCC1(c2c(F)cc(O)c(O)c2Br)CCC1. The van der Waals surface area contributed by atoms with Gasteiger partial charge in [0.05, 0.1) is 4.47 Å². The Morgan fingerprint density at radius 2 is 2.06 bits per heavy atom. The van der Waals surface area contributed by atoms with Gasteiger partial charge in [0, 0.05) is 23.6 Å². The standard InChI is InChI=1S/C11H13BrFNO2/c12-9-8(11(5-14)2-1-3-11)6(13)4-7(15)10(9)16/h4,15-16H,1-3,5,14H2. The normalized spacial score (nSPS) is 18.2. The summed E-state index contributed by atoms with van der Waals surface area (Å²) in [4.78, 5) is 0. The Bertz CT molecular complexity index is 427. The van der Waals surface area contributed by atoms with E-state index in [1.54, 1.807) is 0 Å². The van der Waals surface area contributed by atoms with Crippen molar-refractivity contribution in [2.75, 3.05) is 6.54 Å². The van der Waals surface area contributed by atoms with Gasteiger partial charge in [0.15, 0.2) is 11.5 Å². The maximum absolute atomic E-state index is 13.8. The van der Waals surface area contributed by atoms with E-state index < -0.39 is 17.0 Å². The zero-order chi connectivity index (χ0) is 11.9. The van der Waals surface area contributed by atoms with Crippen LogP contribution in [0.25, 0.3) is 0 Å². The number of phenolic OH excluding ortho intramolecular Hbond substituents is 2. The number of nitrogens with two attached hydrogens (primary N) is 1. The molecule has 0 bridgehead atoms. The van der Waals surface area contributed by atoms with Crippen LogP contribution in [0.3, 0.4) is 0 Å².